The third-order valence-electron chi connectivity index (χ3n) is 4.30. The lowest BCUT2D eigenvalue weighted by Crippen LogP contribution is -2.20. The summed E-state index contributed by atoms with van der Waals surface area (Å²) < 4.78 is 7.47. The normalized spacial score (nSPS) is 10.9. The summed E-state index contributed by atoms with van der Waals surface area (Å²) in [5, 5.41) is 10.9. The van der Waals surface area contributed by atoms with E-state index < -0.39 is 0 Å². The first-order chi connectivity index (χ1) is 11.8. The lowest BCUT2D eigenvalue weighted by atomic mass is 10.1. The molecule has 0 bridgehead atoms. The second-order valence-electron chi connectivity index (χ2n) is 6.36. The number of carbonyl (C=O) groups excluding carboxylic acids is 1. The van der Waals surface area contributed by atoms with Gasteiger partial charge in [0, 0.05) is 24.0 Å². The Morgan fingerprint density at radius 2 is 1.88 bits per heavy atom. The molecule has 2 aromatic heterocycles. The molecular formula is C19H22N4O2. The van der Waals surface area contributed by atoms with Crippen molar-refractivity contribution in [2.45, 2.75) is 41.2 Å². The minimum Gasteiger partial charge on any atom is -0.421 e. The molecule has 1 aromatic carbocycles. The first-order valence-corrected chi connectivity index (χ1v) is 8.19. The van der Waals surface area contributed by atoms with E-state index in [1.54, 1.807) is 6.92 Å². The van der Waals surface area contributed by atoms with Crippen molar-refractivity contribution < 1.29 is 9.21 Å². The van der Waals surface area contributed by atoms with Crippen LogP contribution in [0.15, 0.2) is 28.7 Å². The van der Waals surface area contributed by atoms with Crippen LogP contribution in [0.1, 0.15) is 28.4 Å². The molecule has 6 heteroatoms. The molecule has 0 aliphatic carbocycles. The molecule has 0 spiro atoms. The highest BCUT2D eigenvalue weighted by Gasteiger charge is 2.17. The monoisotopic (exact) mass is 338 g/mol. The standard InChI is InChI=1S/C19H22N4O2/c1-11-6-7-12(2)17(8-11)20-18(24)10-23-13(3)9-16(14(23)4)19-22-21-15(5)25-19/h6-9H,10H2,1-5H3,(H,20,24). The molecule has 3 aromatic rings. The van der Waals surface area contributed by atoms with E-state index in [1.165, 1.54) is 0 Å². The van der Waals surface area contributed by atoms with Crippen LogP contribution in [0.2, 0.25) is 0 Å². The van der Waals surface area contributed by atoms with Crippen molar-refractivity contribution in [3.8, 4) is 11.5 Å². The summed E-state index contributed by atoms with van der Waals surface area (Å²) in [6.45, 7) is 9.90. The molecule has 0 aliphatic rings. The van der Waals surface area contributed by atoms with Crippen LogP contribution >= 0.6 is 0 Å². The first-order valence-electron chi connectivity index (χ1n) is 8.19. The molecule has 2 heterocycles. The fraction of sp³-hybridized carbons (Fsp3) is 0.316. The van der Waals surface area contributed by atoms with Gasteiger partial charge in [0.25, 0.3) is 0 Å². The summed E-state index contributed by atoms with van der Waals surface area (Å²) in [5.74, 6) is 0.933. The Bertz CT molecular complexity index is 937. The van der Waals surface area contributed by atoms with Gasteiger partial charge in [0.2, 0.25) is 17.7 Å². The number of hydrogen-bond acceptors (Lipinski definition) is 4. The Kier molecular flexibility index (Phi) is 4.44. The highest BCUT2D eigenvalue weighted by molar-refractivity contribution is 5.91. The highest BCUT2D eigenvalue weighted by atomic mass is 16.4. The largest absolute Gasteiger partial charge is 0.421 e. The zero-order valence-corrected chi connectivity index (χ0v) is 15.2. The number of aryl methyl sites for hydroxylation is 4. The zero-order valence-electron chi connectivity index (χ0n) is 15.2. The number of benzene rings is 1. The van der Waals surface area contributed by atoms with Crippen molar-refractivity contribution in [2.75, 3.05) is 5.32 Å². The molecular weight excluding hydrogens is 316 g/mol. The summed E-state index contributed by atoms with van der Waals surface area (Å²) in [5.41, 5.74) is 5.76. The van der Waals surface area contributed by atoms with Gasteiger partial charge in [-0.2, -0.15) is 0 Å². The second kappa shape index (κ2) is 6.55. The van der Waals surface area contributed by atoms with Crippen molar-refractivity contribution in [1.29, 1.82) is 0 Å². The van der Waals surface area contributed by atoms with Crippen molar-refractivity contribution in [3.05, 3.63) is 52.7 Å². The molecule has 0 saturated heterocycles. The minimum atomic E-state index is -0.0660. The van der Waals surface area contributed by atoms with Gasteiger partial charge in [-0.1, -0.05) is 12.1 Å². The number of rotatable bonds is 4. The van der Waals surface area contributed by atoms with Gasteiger partial charge in [0.05, 0.1) is 5.56 Å². The van der Waals surface area contributed by atoms with Gasteiger partial charge in [-0.25, -0.2) is 0 Å². The second-order valence-corrected chi connectivity index (χ2v) is 6.36. The molecule has 0 fully saturated rings. The van der Waals surface area contributed by atoms with E-state index >= 15 is 0 Å². The minimum absolute atomic E-state index is 0.0660. The summed E-state index contributed by atoms with van der Waals surface area (Å²) in [7, 11) is 0. The Morgan fingerprint density at radius 1 is 1.12 bits per heavy atom. The molecule has 1 amide bonds. The zero-order chi connectivity index (χ0) is 18.1. The Balaban J connectivity index is 1.82. The van der Waals surface area contributed by atoms with Gasteiger partial charge < -0.3 is 14.3 Å². The highest BCUT2D eigenvalue weighted by Crippen LogP contribution is 2.26. The molecule has 0 radical (unpaired) electrons. The van der Waals surface area contributed by atoms with Crippen LogP contribution in [0.25, 0.3) is 11.5 Å². The van der Waals surface area contributed by atoms with Gasteiger partial charge in [-0.15, -0.1) is 10.2 Å². The van der Waals surface area contributed by atoms with Gasteiger partial charge in [0.1, 0.15) is 6.54 Å². The van der Waals surface area contributed by atoms with Gasteiger partial charge in [-0.05, 0) is 51.0 Å². The maximum absolute atomic E-state index is 12.5. The summed E-state index contributed by atoms with van der Waals surface area (Å²) >= 11 is 0. The molecule has 25 heavy (non-hydrogen) atoms. The maximum Gasteiger partial charge on any atom is 0.249 e. The number of amides is 1. The first kappa shape index (κ1) is 17.0. The lowest BCUT2D eigenvalue weighted by Gasteiger charge is -2.12. The molecule has 0 unspecified atom stereocenters. The SMILES string of the molecule is Cc1ccc(C)c(NC(=O)Cn2c(C)cc(-c3nnc(C)o3)c2C)c1. The molecule has 3 rings (SSSR count). The maximum atomic E-state index is 12.5. The number of nitrogens with one attached hydrogen (secondary N) is 1. The van der Waals surface area contributed by atoms with E-state index in [0.29, 0.717) is 11.8 Å². The molecule has 0 saturated carbocycles. The van der Waals surface area contributed by atoms with Gasteiger partial charge >= 0.3 is 0 Å². The molecule has 0 aliphatic heterocycles. The topological polar surface area (TPSA) is 73.0 Å². The summed E-state index contributed by atoms with van der Waals surface area (Å²) in [6.07, 6.45) is 0. The summed E-state index contributed by atoms with van der Waals surface area (Å²) in [6, 6.07) is 7.99. The lowest BCUT2D eigenvalue weighted by molar-refractivity contribution is -0.116. The average molecular weight is 338 g/mol. The van der Waals surface area contributed by atoms with Crippen LogP contribution in [0.5, 0.6) is 0 Å². The number of hydrogen-bond donors (Lipinski definition) is 1. The van der Waals surface area contributed by atoms with Gasteiger partial charge in [0.15, 0.2) is 0 Å². The van der Waals surface area contributed by atoms with E-state index in [2.05, 4.69) is 15.5 Å². The predicted octanol–water partition coefficient (Wildman–Crippen LogP) is 3.72. The van der Waals surface area contributed by atoms with E-state index in [9.17, 15) is 4.79 Å². The van der Waals surface area contributed by atoms with Crippen molar-refractivity contribution in [1.82, 2.24) is 14.8 Å². The third kappa shape index (κ3) is 3.47. The van der Waals surface area contributed by atoms with E-state index in [1.807, 2.05) is 56.5 Å². The predicted molar refractivity (Wildman–Crippen MR) is 96.5 cm³/mol. The van der Waals surface area contributed by atoms with Crippen LogP contribution < -0.4 is 5.32 Å². The molecule has 0 atom stereocenters. The number of nitrogens with zero attached hydrogens (tertiary/aromatic N) is 3. The van der Waals surface area contributed by atoms with Crippen molar-refractivity contribution in [3.63, 3.8) is 0 Å². The van der Waals surface area contributed by atoms with Crippen LogP contribution in [0.4, 0.5) is 5.69 Å². The third-order valence-corrected chi connectivity index (χ3v) is 4.30. The summed E-state index contributed by atoms with van der Waals surface area (Å²) in [4.78, 5) is 12.5. The number of carbonyl (C=O) groups is 1. The van der Waals surface area contributed by atoms with Gasteiger partial charge in [-0.3, -0.25) is 4.79 Å². The van der Waals surface area contributed by atoms with Crippen LogP contribution in [0.3, 0.4) is 0 Å². The fourth-order valence-corrected chi connectivity index (χ4v) is 2.87. The number of aromatic nitrogens is 3. The molecule has 6 nitrogen and oxygen atoms in total. The smallest absolute Gasteiger partial charge is 0.249 e. The molecule has 130 valence electrons. The van der Waals surface area contributed by atoms with E-state index in [0.717, 1.165) is 33.8 Å². The Hall–Kier alpha value is -2.89. The molecule has 1 N–H and O–H groups in total. The Morgan fingerprint density at radius 3 is 2.56 bits per heavy atom. The quantitative estimate of drug-likeness (QED) is 0.787. The van der Waals surface area contributed by atoms with Crippen LogP contribution in [0, 0.1) is 34.6 Å². The van der Waals surface area contributed by atoms with Crippen LogP contribution in [-0.2, 0) is 11.3 Å². The van der Waals surface area contributed by atoms with E-state index in [-0.39, 0.29) is 12.5 Å². The van der Waals surface area contributed by atoms with E-state index in [4.69, 9.17) is 4.42 Å². The van der Waals surface area contributed by atoms with Crippen molar-refractivity contribution in [2.24, 2.45) is 0 Å². The number of anilines is 1. The Labute approximate surface area is 146 Å². The van der Waals surface area contributed by atoms with Crippen LogP contribution in [-0.4, -0.2) is 20.7 Å². The average Bonchev–Trinajstić information content (AvgIpc) is 3.09. The van der Waals surface area contributed by atoms with Crippen molar-refractivity contribution >= 4 is 11.6 Å². The fourth-order valence-electron chi connectivity index (χ4n) is 2.87.